The van der Waals surface area contributed by atoms with Gasteiger partial charge in [-0.25, -0.2) is 0 Å². The van der Waals surface area contributed by atoms with Crippen LogP contribution in [0.2, 0.25) is 0 Å². The molecule has 1 aromatic rings. The Hall–Kier alpha value is -0.410. The summed E-state index contributed by atoms with van der Waals surface area (Å²) < 4.78 is -0.0812. The molecule has 11 heavy (non-hydrogen) atoms. The number of nitrogens with one attached hydrogen (secondary N) is 1. The first kappa shape index (κ1) is 8.68. The molecular formula is C8H13NOS. The molecule has 1 heterocycles. The average molecular weight is 171 g/mol. The molecule has 0 aliphatic rings. The van der Waals surface area contributed by atoms with Crippen LogP contribution in [-0.2, 0) is 0 Å². The van der Waals surface area contributed by atoms with Crippen LogP contribution in [0.1, 0.15) is 13.8 Å². The van der Waals surface area contributed by atoms with E-state index in [0.29, 0.717) is 0 Å². The predicted octanol–water partition coefficient (Wildman–Crippen LogP) is 1.88. The van der Waals surface area contributed by atoms with Crippen molar-refractivity contribution in [1.29, 1.82) is 0 Å². The molecule has 0 aliphatic heterocycles. The van der Waals surface area contributed by atoms with Crippen molar-refractivity contribution in [3.8, 4) is 0 Å². The zero-order valence-corrected chi connectivity index (χ0v) is 7.61. The molecule has 0 saturated heterocycles. The number of aromatic nitrogens is 1. The molecule has 0 unspecified atom stereocenters. The third kappa shape index (κ3) is 2.60. The number of aliphatic hydroxyl groups excluding tert-OH is 1. The summed E-state index contributed by atoms with van der Waals surface area (Å²) in [5.74, 6) is 0. The molecule has 0 saturated carbocycles. The van der Waals surface area contributed by atoms with Crippen LogP contribution in [0.3, 0.4) is 0 Å². The number of aliphatic hydroxyl groups is 1. The molecule has 0 radical (unpaired) electrons. The van der Waals surface area contributed by atoms with Gasteiger partial charge in [0.2, 0.25) is 0 Å². The minimum Gasteiger partial charge on any atom is -0.395 e. The van der Waals surface area contributed by atoms with Gasteiger partial charge in [-0.05, 0) is 19.9 Å². The van der Waals surface area contributed by atoms with Crippen molar-refractivity contribution < 1.29 is 5.11 Å². The van der Waals surface area contributed by atoms with E-state index in [-0.39, 0.29) is 11.4 Å². The molecule has 1 rings (SSSR count). The monoisotopic (exact) mass is 171 g/mol. The highest BCUT2D eigenvalue weighted by Gasteiger charge is 2.17. The Morgan fingerprint density at radius 3 is 2.82 bits per heavy atom. The summed E-state index contributed by atoms with van der Waals surface area (Å²) in [6.07, 6.45) is 3.82. The fraction of sp³-hybridized carbons (Fsp3) is 0.500. The Balaban J connectivity index is 2.56. The number of hydrogen-bond acceptors (Lipinski definition) is 2. The van der Waals surface area contributed by atoms with Gasteiger partial charge in [0.1, 0.15) is 0 Å². The van der Waals surface area contributed by atoms with Gasteiger partial charge in [-0.3, -0.25) is 0 Å². The maximum absolute atomic E-state index is 8.96. The standard InChI is InChI=1S/C8H13NOS/c1-8(2,6-10)11-7-3-4-9-5-7/h3-5,9-10H,6H2,1-2H3. The summed E-state index contributed by atoms with van der Waals surface area (Å²) >= 11 is 1.67. The van der Waals surface area contributed by atoms with Crippen LogP contribution in [0.25, 0.3) is 0 Å². The van der Waals surface area contributed by atoms with Crippen LogP contribution in [0.15, 0.2) is 23.4 Å². The first-order valence-electron chi connectivity index (χ1n) is 3.57. The van der Waals surface area contributed by atoms with Crippen molar-refractivity contribution >= 4 is 11.8 Å². The van der Waals surface area contributed by atoms with E-state index in [2.05, 4.69) is 4.98 Å². The van der Waals surface area contributed by atoms with E-state index < -0.39 is 0 Å². The van der Waals surface area contributed by atoms with E-state index in [9.17, 15) is 0 Å². The Kier molecular flexibility index (Phi) is 2.62. The van der Waals surface area contributed by atoms with Crippen molar-refractivity contribution in [1.82, 2.24) is 4.98 Å². The van der Waals surface area contributed by atoms with Gasteiger partial charge in [-0.2, -0.15) is 0 Å². The molecular weight excluding hydrogens is 158 g/mol. The minimum absolute atomic E-state index is 0.0812. The largest absolute Gasteiger partial charge is 0.395 e. The second kappa shape index (κ2) is 3.32. The van der Waals surface area contributed by atoms with Crippen molar-refractivity contribution in [3.63, 3.8) is 0 Å². The predicted molar refractivity (Wildman–Crippen MR) is 47.8 cm³/mol. The van der Waals surface area contributed by atoms with E-state index in [4.69, 9.17) is 5.11 Å². The Morgan fingerprint density at radius 2 is 2.36 bits per heavy atom. The summed E-state index contributed by atoms with van der Waals surface area (Å²) in [5, 5.41) is 8.96. The second-order valence-corrected chi connectivity index (χ2v) is 4.85. The molecule has 2 nitrogen and oxygen atoms in total. The van der Waals surface area contributed by atoms with Crippen molar-refractivity contribution in [3.05, 3.63) is 18.5 Å². The second-order valence-electron chi connectivity index (χ2n) is 3.07. The van der Waals surface area contributed by atoms with Gasteiger partial charge >= 0.3 is 0 Å². The van der Waals surface area contributed by atoms with Crippen molar-refractivity contribution in [2.24, 2.45) is 0 Å². The number of rotatable bonds is 3. The van der Waals surface area contributed by atoms with Crippen molar-refractivity contribution in [2.45, 2.75) is 23.5 Å². The topological polar surface area (TPSA) is 36.0 Å². The molecule has 3 heteroatoms. The number of hydrogen-bond donors (Lipinski definition) is 2. The molecule has 0 fully saturated rings. The molecule has 0 atom stereocenters. The first-order chi connectivity index (χ1) is 5.14. The van der Waals surface area contributed by atoms with Gasteiger partial charge in [0.15, 0.2) is 0 Å². The third-order valence-corrected chi connectivity index (χ3v) is 2.52. The molecule has 2 N–H and O–H groups in total. The van der Waals surface area contributed by atoms with Crippen molar-refractivity contribution in [2.75, 3.05) is 6.61 Å². The van der Waals surface area contributed by atoms with E-state index in [0.717, 1.165) is 0 Å². The van der Waals surface area contributed by atoms with Crippen LogP contribution >= 0.6 is 11.8 Å². The van der Waals surface area contributed by atoms with E-state index >= 15 is 0 Å². The summed E-state index contributed by atoms with van der Waals surface area (Å²) in [5.41, 5.74) is 0. The Morgan fingerprint density at radius 1 is 1.64 bits per heavy atom. The van der Waals surface area contributed by atoms with Crippen LogP contribution in [0, 0.1) is 0 Å². The number of aromatic amines is 1. The zero-order chi connectivity index (χ0) is 8.32. The maximum Gasteiger partial charge on any atom is 0.0576 e. The lowest BCUT2D eigenvalue weighted by Gasteiger charge is -2.19. The molecule has 1 aromatic heterocycles. The van der Waals surface area contributed by atoms with Crippen LogP contribution < -0.4 is 0 Å². The zero-order valence-electron chi connectivity index (χ0n) is 6.79. The number of H-pyrrole nitrogens is 1. The highest BCUT2D eigenvalue weighted by molar-refractivity contribution is 8.00. The number of thioether (sulfide) groups is 1. The van der Waals surface area contributed by atoms with Gasteiger partial charge < -0.3 is 10.1 Å². The lowest BCUT2D eigenvalue weighted by Crippen LogP contribution is -2.19. The maximum atomic E-state index is 8.96. The van der Waals surface area contributed by atoms with E-state index in [1.54, 1.807) is 11.8 Å². The first-order valence-corrected chi connectivity index (χ1v) is 4.38. The smallest absolute Gasteiger partial charge is 0.0576 e. The average Bonchev–Trinajstić information content (AvgIpc) is 2.39. The molecule has 62 valence electrons. The highest BCUT2D eigenvalue weighted by atomic mass is 32.2. The summed E-state index contributed by atoms with van der Waals surface area (Å²) in [4.78, 5) is 4.14. The van der Waals surface area contributed by atoms with E-state index in [1.807, 2.05) is 32.3 Å². The van der Waals surface area contributed by atoms with Gasteiger partial charge in [-0.1, -0.05) is 0 Å². The minimum atomic E-state index is -0.0812. The highest BCUT2D eigenvalue weighted by Crippen LogP contribution is 2.31. The summed E-state index contributed by atoms with van der Waals surface area (Å²) in [6, 6.07) is 2.00. The molecule has 0 aliphatic carbocycles. The summed E-state index contributed by atoms with van der Waals surface area (Å²) in [7, 11) is 0. The van der Waals surface area contributed by atoms with Gasteiger partial charge in [-0.15, -0.1) is 11.8 Å². The lowest BCUT2D eigenvalue weighted by molar-refractivity contribution is 0.265. The van der Waals surface area contributed by atoms with Gasteiger partial charge in [0.05, 0.1) is 6.61 Å². The van der Waals surface area contributed by atoms with Gasteiger partial charge in [0, 0.05) is 22.0 Å². The van der Waals surface area contributed by atoms with Gasteiger partial charge in [0.25, 0.3) is 0 Å². The molecule has 0 spiro atoms. The SMILES string of the molecule is CC(C)(CO)Sc1cc[nH]c1. The lowest BCUT2D eigenvalue weighted by atomic mass is 10.2. The molecule has 0 aromatic carbocycles. The van der Waals surface area contributed by atoms with Crippen LogP contribution in [-0.4, -0.2) is 21.4 Å². The Labute approximate surface area is 71.0 Å². The fourth-order valence-corrected chi connectivity index (χ4v) is 1.69. The third-order valence-electron chi connectivity index (χ3n) is 1.34. The van der Waals surface area contributed by atoms with E-state index in [1.165, 1.54) is 4.90 Å². The normalized spacial score (nSPS) is 11.9. The molecule has 0 amide bonds. The quantitative estimate of drug-likeness (QED) is 0.681. The fourth-order valence-electron chi connectivity index (χ4n) is 0.723. The molecule has 0 bridgehead atoms. The Bertz CT molecular complexity index is 206. The van der Waals surface area contributed by atoms with Crippen LogP contribution in [0.5, 0.6) is 0 Å². The summed E-state index contributed by atoms with van der Waals surface area (Å²) in [6.45, 7) is 4.23. The van der Waals surface area contributed by atoms with Crippen LogP contribution in [0.4, 0.5) is 0 Å².